The number of morpholine rings is 1. The Morgan fingerprint density at radius 2 is 1.86 bits per heavy atom. The number of benzene rings is 2. The number of hydrogen-bond donors (Lipinski definition) is 2. The van der Waals surface area contributed by atoms with Crippen LogP contribution in [0, 0.1) is 0 Å². The van der Waals surface area contributed by atoms with Gasteiger partial charge in [0.1, 0.15) is 5.58 Å². The van der Waals surface area contributed by atoms with Crippen LogP contribution in [0.15, 0.2) is 64.3 Å². The summed E-state index contributed by atoms with van der Waals surface area (Å²) in [7, 11) is 0. The summed E-state index contributed by atoms with van der Waals surface area (Å²) in [6, 6.07) is 12.7. The molecule has 1 unspecified atom stereocenters. The van der Waals surface area contributed by atoms with Crippen molar-refractivity contribution in [2.24, 2.45) is 0 Å². The van der Waals surface area contributed by atoms with Crippen LogP contribution < -0.4 is 4.74 Å². The van der Waals surface area contributed by atoms with Crippen LogP contribution in [0.4, 0.5) is 0 Å². The van der Waals surface area contributed by atoms with Gasteiger partial charge in [-0.1, -0.05) is 24.3 Å². The van der Waals surface area contributed by atoms with Crippen molar-refractivity contribution in [3.8, 4) is 11.5 Å². The van der Waals surface area contributed by atoms with E-state index in [0.717, 1.165) is 25.0 Å². The van der Waals surface area contributed by atoms with Gasteiger partial charge in [0, 0.05) is 31.6 Å². The summed E-state index contributed by atoms with van der Waals surface area (Å²) in [5, 5.41) is 21.9. The normalized spacial score (nSPS) is 18.7. The number of carbonyl (C=O) groups excluding carboxylic acids is 2. The predicted molar refractivity (Wildman–Crippen MR) is 136 cm³/mol. The number of nitrogens with zero attached hydrogens (tertiary/aromatic N) is 2. The van der Waals surface area contributed by atoms with Crippen LogP contribution in [0.2, 0.25) is 0 Å². The number of phenolic OH excluding ortho intramolecular Hbond substituents is 1. The van der Waals surface area contributed by atoms with Gasteiger partial charge in [0.2, 0.25) is 5.78 Å². The number of aliphatic hydroxyl groups is 1. The van der Waals surface area contributed by atoms with E-state index in [1.807, 2.05) is 12.1 Å². The summed E-state index contributed by atoms with van der Waals surface area (Å²) in [6.45, 7) is 6.22. The molecule has 0 spiro atoms. The fourth-order valence-electron chi connectivity index (χ4n) is 4.95. The van der Waals surface area contributed by atoms with Gasteiger partial charge in [-0.25, -0.2) is 0 Å². The van der Waals surface area contributed by atoms with Gasteiger partial charge in [0.25, 0.3) is 5.91 Å². The zero-order chi connectivity index (χ0) is 25.9. The first kappa shape index (κ1) is 24.9. The van der Waals surface area contributed by atoms with Crippen LogP contribution in [-0.4, -0.2) is 77.7 Å². The molecule has 2 aliphatic heterocycles. The van der Waals surface area contributed by atoms with Crippen molar-refractivity contribution in [1.82, 2.24) is 9.80 Å². The Kier molecular flexibility index (Phi) is 7.16. The summed E-state index contributed by atoms with van der Waals surface area (Å²) >= 11 is 0. The Morgan fingerprint density at radius 1 is 1.08 bits per heavy atom. The van der Waals surface area contributed by atoms with Gasteiger partial charge >= 0.3 is 0 Å². The van der Waals surface area contributed by atoms with E-state index in [1.54, 1.807) is 37.3 Å². The molecule has 1 aromatic heterocycles. The first-order valence-electron chi connectivity index (χ1n) is 12.5. The van der Waals surface area contributed by atoms with Crippen LogP contribution in [-0.2, 0) is 9.53 Å². The van der Waals surface area contributed by atoms with E-state index in [4.69, 9.17) is 13.9 Å². The van der Waals surface area contributed by atoms with E-state index in [9.17, 15) is 19.8 Å². The molecular weight excluding hydrogens is 476 g/mol. The number of furan rings is 1. The minimum atomic E-state index is -0.863. The van der Waals surface area contributed by atoms with Gasteiger partial charge in [0.15, 0.2) is 23.0 Å². The number of ether oxygens (including phenoxy) is 2. The summed E-state index contributed by atoms with van der Waals surface area (Å²) in [6.07, 6.45) is 0.651. The molecule has 0 aliphatic carbocycles. The molecule has 1 amide bonds. The molecule has 37 heavy (non-hydrogen) atoms. The van der Waals surface area contributed by atoms with E-state index >= 15 is 0 Å². The molecule has 2 aliphatic rings. The number of ketones is 1. The van der Waals surface area contributed by atoms with Gasteiger partial charge in [-0.05, 0) is 43.2 Å². The number of fused-ring (bicyclic) bond motifs is 1. The average Bonchev–Trinajstić information content (AvgIpc) is 3.45. The van der Waals surface area contributed by atoms with Crippen LogP contribution in [0.3, 0.4) is 0 Å². The lowest BCUT2D eigenvalue weighted by molar-refractivity contribution is -0.129. The molecule has 0 radical (unpaired) electrons. The highest BCUT2D eigenvalue weighted by molar-refractivity contribution is 6.16. The van der Waals surface area contributed by atoms with Crippen LogP contribution >= 0.6 is 0 Å². The number of phenols is 1. The molecule has 9 nitrogen and oxygen atoms in total. The Morgan fingerprint density at radius 3 is 2.62 bits per heavy atom. The predicted octanol–water partition coefficient (Wildman–Crippen LogP) is 3.84. The second kappa shape index (κ2) is 10.7. The molecule has 9 heteroatoms. The largest absolute Gasteiger partial charge is 0.504 e. The monoisotopic (exact) mass is 506 g/mol. The molecule has 1 atom stereocenters. The lowest BCUT2D eigenvalue weighted by Gasteiger charge is -2.30. The Labute approximate surface area is 214 Å². The molecule has 2 N–H and O–H groups in total. The highest BCUT2D eigenvalue weighted by atomic mass is 16.5. The second-order valence-corrected chi connectivity index (χ2v) is 9.11. The highest BCUT2D eigenvalue weighted by Gasteiger charge is 2.44. The van der Waals surface area contributed by atoms with Gasteiger partial charge < -0.3 is 29.0 Å². The lowest BCUT2D eigenvalue weighted by atomic mass is 9.94. The number of Topliss-reactive ketones (excluding diaryl/α,β-unsaturated/α-hetero) is 1. The zero-order valence-electron chi connectivity index (χ0n) is 20.7. The Balaban J connectivity index is 1.49. The van der Waals surface area contributed by atoms with Crippen molar-refractivity contribution in [2.45, 2.75) is 19.4 Å². The maximum Gasteiger partial charge on any atom is 0.290 e. The number of aliphatic hydroxyl groups excluding tert-OH is 1. The molecular formula is C28H30N2O7. The zero-order valence-corrected chi connectivity index (χ0v) is 20.7. The smallest absolute Gasteiger partial charge is 0.290 e. The third kappa shape index (κ3) is 4.92. The van der Waals surface area contributed by atoms with Gasteiger partial charge in [0.05, 0.1) is 31.4 Å². The van der Waals surface area contributed by atoms with E-state index in [2.05, 4.69) is 4.90 Å². The molecule has 3 aromatic rings. The molecule has 3 heterocycles. The van der Waals surface area contributed by atoms with Crippen LogP contribution in [0.5, 0.6) is 11.5 Å². The first-order chi connectivity index (χ1) is 18.0. The third-order valence-electron chi connectivity index (χ3n) is 6.77. The number of rotatable bonds is 9. The maximum absolute atomic E-state index is 13.7. The number of amides is 1. The summed E-state index contributed by atoms with van der Waals surface area (Å²) in [5.41, 5.74) is 1.03. The quantitative estimate of drug-likeness (QED) is 0.421. The highest BCUT2D eigenvalue weighted by Crippen LogP contribution is 2.42. The van der Waals surface area contributed by atoms with E-state index in [1.165, 1.54) is 11.0 Å². The molecule has 194 valence electrons. The second-order valence-electron chi connectivity index (χ2n) is 9.11. The van der Waals surface area contributed by atoms with Gasteiger partial charge in [-0.15, -0.1) is 0 Å². The fraction of sp³-hybridized carbons (Fsp3) is 0.357. The molecule has 0 bridgehead atoms. The number of hydrogen-bond acceptors (Lipinski definition) is 8. The Bertz CT molecular complexity index is 1310. The van der Waals surface area contributed by atoms with Crippen molar-refractivity contribution < 1.29 is 33.7 Å². The van der Waals surface area contributed by atoms with Crippen molar-refractivity contribution in [1.29, 1.82) is 0 Å². The summed E-state index contributed by atoms with van der Waals surface area (Å²) in [4.78, 5) is 30.8. The number of para-hydroxylation sites is 1. The molecule has 2 aromatic carbocycles. The SMILES string of the molecule is CCOc1cc(C2C(C(=O)c3cc4ccccc4o3)=C(O)C(=O)N2CCCN2CCOCC2)ccc1O. The summed E-state index contributed by atoms with van der Waals surface area (Å²) < 4.78 is 16.7. The molecule has 5 rings (SSSR count). The van der Waals surface area contributed by atoms with E-state index < -0.39 is 23.5 Å². The Hall–Kier alpha value is -3.82. The fourth-order valence-corrected chi connectivity index (χ4v) is 4.95. The van der Waals surface area contributed by atoms with Crippen molar-refractivity contribution in [2.75, 3.05) is 46.0 Å². The van der Waals surface area contributed by atoms with Crippen LogP contribution in [0.1, 0.15) is 35.5 Å². The van der Waals surface area contributed by atoms with Crippen molar-refractivity contribution in [3.63, 3.8) is 0 Å². The molecule has 0 saturated carbocycles. The number of carbonyl (C=O) groups is 2. The summed E-state index contributed by atoms with van der Waals surface area (Å²) in [5.74, 6) is -1.53. The van der Waals surface area contributed by atoms with E-state index in [0.29, 0.717) is 43.9 Å². The average molecular weight is 507 g/mol. The standard InChI is InChI=1S/C28H30N2O7/c1-2-36-22-17-19(8-9-20(22)31)25-24(26(32)23-16-18-6-3-4-7-21(18)37-23)27(33)28(34)30(25)11-5-10-29-12-14-35-15-13-29/h3-4,6-9,16-17,25,31,33H,2,5,10-15H2,1H3. The molecule has 1 fully saturated rings. The molecule has 1 saturated heterocycles. The minimum absolute atomic E-state index is 0.0412. The number of aromatic hydroxyl groups is 1. The third-order valence-corrected chi connectivity index (χ3v) is 6.77. The van der Waals surface area contributed by atoms with Gasteiger partial charge in [-0.3, -0.25) is 14.5 Å². The first-order valence-corrected chi connectivity index (χ1v) is 12.5. The van der Waals surface area contributed by atoms with Gasteiger partial charge in [-0.2, -0.15) is 0 Å². The van der Waals surface area contributed by atoms with Crippen molar-refractivity contribution in [3.05, 3.63) is 71.2 Å². The van der Waals surface area contributed by atoms with Crippen molar-refractivity contribution >= 4 is 22.7 Å². The topological polar surface area (TPSA) is 113 Å². The van der Waals surface area contributed by atoms with Crippen LogP contribution in [0.25, 0.3) is 11.0 Å². The minimum Gasteiger partial charge on any atom is -0.504 e. The van der Waals surface area contributed by atoms with E-state index in [-0.39, 0.29) is 22.8 Å². The lowest BCUT2D eigenvalue weighted by Crippen LogP contribution is -2.39. The maximum atomic E-state index is 13.7.